The molecule has 109 heavy (non-hydrogen) atoms. The summed E-state index contributed by atoms with van der Waals surface area (Å²) < 4.78 is 54.5. The first-order chi connectivity index (χ1) is 51.5. The van der Waals surface area contributed by atoms with Crippen LogP contribution in [-0.4, -0.2) is 147 Å². The number of aromatic hydroxyl groups is 1. The van der Waals surface area contributed by atoms with Crippen LogP contribution in [0.1, 0.15) is 59.0 Å². The molecule has 4 saturated heterocycles. The minimum absolute atomic E-state index is 0. The number of hydrogen-bond donors (Lipinski definition) is 4. The molecule has 4 atom stereocenters. The zero-order chi connectivity index (χ0) is 75.3. The van der Waals surface area contributed by atoms with E-state index in [0.29, 0.717) is 96.0 Å². The number of ether oxygens (including phenoxy) is 7. The second-order valence-electron chi connectivity index (χ2n) is 23.7. The van der Waals surface area contributed by atoms with Gasteiger partial charge in [-0.1, -0.05) is 118 Å². The molecule has 0 aliphatic carbocycles. The summed E-state index contributed by atoms with van der Waals surface area (Å²) in [4.78, 5) is 44.5. The first-order valence-electron chi connectivity index (χ1n) is 33.4. The first-order valence-corrected chi connectivity index (χ1v) is 37.3. The molecular formula is C78H78BBr3Cl5FN8NaO12. The number of phenols is 1. The van der Waals surface area contributed by atoms with Gasteiger partial charge in [0.1, 0.15) is 56.1 Å². The van der Waals surface area contributed by atoms with Crippen molar-refractivity contribution in [1.29, 1.82) is 0 Å². The number of hydrogen-bond acceptors (Lipinski definition) is 20. The van der Waals surface area contributed by atoms with Crippen molar-refractivity contribution >= 4 is 145 Å². The zero-order valence-corrected chi connectivity index (χ0v) is 70.1. The summed E-state index contributed by atoms with van der Waals surface area (Å²) in [6.07, 6.45) is 11.9. The number of nitrogens with one attached hydrogen (secondary N) is 1. The molecule has 8 heterocycles. The van der Waals surface area contributed by atoms with E-state index in [1.165, 1.54) is 19.2 Å². The smallest absolute Gasteiger partial charge is 1.00 e. The van der Waals surface area contributed by atoms with E-state index in [9.17, 15) is 24.2 Å². The van der Waals surface area contributed by atoms with Gasteiger partial charge in [0.2, 0.25) is 23.5 Å². The summed E-state index contributed by atoms with van der Waals surface area (Å²) in [5.74, 6) is 4.05. The van der Waals surface area contributed by atoms with Crippen LogP contribution >= 0.6 is 107 Å². The van der Waals surface area contributed by atoms with E-state index in [-0.39, 0.29) is 101 Å². The van der Waals surface area contributed by atoms with Crippen LogP contribution in [0.25, 0.3) is 0 Å². The van der Waals surface area contributed by atoms with E-state index in [2.05, 4.69) is 87.7 Å². The Kier molecular flexibility index (Phi) is 39.3. The first kappa shape index (κ1) is 90.7. The Morgan fingerprint density at radius 3 is 1.31 bits per heavy atom. The Bertz CT molecular complexity index is 4520. The number of halogens is 9. The summed E-state index contributed by atoms with van der Waals surface area (Å²) >= 11 is 34.1. The number of benzene rings is 6. The number of aliphatic hydroxyl groups is 2. The Balaban J connectivity index is 0.000000245. The Labute approximate surface area is 710 Å². The van der Waals surface area contributed by atoms with Gasteiger partial charge in [0.05, 0.1) is 52.6 Å². The van der Waals surface area contributed by atoms with E-state index < -0.39 is 5.82 Å². The third-order valence-corrected chi connectivity index (χ3v) is 19.1. The summed E-state index contributed by atoms with van der Waals surface area (Å²) in [6, 6.07) is 50.1. The van der Waals surface area contributed by atoms with Crippen LogP contribution < -0.4 is 82.7 Å². The maximum Gasteiger partial charge on any atom is 1.00 e. The Hall–Kier alpha value is -7.18. The average molecular weight is 1790 g/mol. The van der Waals surface area contributed by atoms with Gasteiger partial charge in [-0.05, 0) is 159 Å². The van der Waals surface area contributed by atoms with Gasteiger partial charge in [-0.15, -0.1) is 12.4 Å². The molecule has 10 aromatic rings. The summed E-state index contributed by atoms with van der Waals surface area (Å²) in [7, 11) is 3.13. The van der Waals surface area contributed by atoms with Crippen molar-refractivity contribution in [3.8, 4) is 52.3 Å². The predicted octanol–water partition coefficient (Wildman–Crippen LogP) is 14.7. The number of anilines is 3. The standard InChI is InChI=1S/C23H23ClN2O4.C16H16BrClN2O2.C16H14BrClN2O2.C9H11ClN2O.C7H4BrFO.C7H8O2.B.ClH.Na.H/c1-28-21-6-2-3-7-22(21)29-17-8-9-20(16(13-17)15-27)26-12-10-18(14-26)30-23-19(24)5-4-11-25-23;2*17-12-3-4-15(11(8-12)10-21)20-7-5-13(9-20)22-16-14(18)2-1-6-19-16;10-8-2-1-4-12-9(8)13-7-3-5-11-6-7;8-6-1-2-7(9)5(3-6)4-10;1-9-7-5-3-2-4-6(7)8;;;;/h2-9,11,13,18,27H,10,12,14-15H2,1H3;1-4,6,8,13,21H,5,7,9-10H2;1-4,6,8,10,13H,5,7,9H2;1-2,4,7,11H,3,5-6H2;1-4H;2-5,8H,1H3;;1H;;/q;;;;;;;;+1;-1/t18-;2*13-;7-;;;;;;/m0000....../s1. The number of aldehydes is 2. The molecule has 0 saturated carbocycles. The van der Waals surface area contributed by atoms with Gasteiger partial charge in [-0.25, -0.2) is 24.3 Å². The Morgan fingerprint density at radius 1 is 0.505 bits per heavy atom. The number of nitrogens with zero attached hydrogens (tertiary/aromatic N) is 7. The number of rotatable bonds is 19. The fraction of sp³-hybridized carbons (Fsp3) is 0.256. The van der Waals surface area contributed by atoms with Crippen molar-refractivity contribution in [3.63, 3.8) is 0 Å². The minimum Gasteiger partial charge on any atom is -1.00 e. The van der Waals surface area contributed by atoms with Crippen LogP contribution in [0, 0.1) is 5.82 Å². The summed E-state index contributed by atoms with van der Waals surface area (Å²) in [6.45, 7) is 6.48. The van der Waals surface area contributed by atoms with Gasteiger partial charge < -0.3 is 69.9 Å². The topological polar surface area (TPSA) is 233 Å². The van der Waals surface area contributed by atoms with Crippen LogP contribution in [-0.2, 0) is 13.2 Å². The molecule has 14 rings (SSSR count). The molecule has 4 aromatic heterocycles. The Morgan fingerprint density at radius 2 is 0.899 bits per heavy atom. The van der Waals surface area contributed by atoms with Gasteiger partial charge in [0.25, 0.3) is 0 Å². The third-order valence-electron chi connectivity index (χ3n) is 16.5. The van der Waals surface area contributed by atoms with E-state index in [1.54, 1.807) is 111 Å². The van der Waals surface area contributed by atoms with Crippen LogP contribution in [0.4, 0.5) is 21.5 Å². The number of para-hydroxylation sites is 4. The molecule has 0 unspecified atom stereocenters. The minimum atomic E-state index is -0.488. The molecule has 4 aliphatic heterocycles. The maximum atomic E-state index is 12.5. The van der Waals surface area contributed by atoms with Crippen molar-refractivity contribution < 1.29 is 93.4 Å². The zero-order valence-electron chi connectivity index (χ0n) is 60.5. The van der Waals surface area contributed by atoms with Crippen molar-refractivity contribution in [2.24, 2.45) is 0 Å². The largest absolute Gasteiger partial charge is 1.00 e. The van der Waals surface area contributed by atoms with Gasteiger partial charge in [-0.2, -0.15) is 0 Å². The number of carbonyl (C=O) groups excluding carboxylic acids is 2. The van der Waals surface area contributed by atoms with Crippen molar-refractivity contribution in [2.75, 3.05) is 81.3 Å². The van der Waals surface area contributed by atoms with E-state index in [0.717, 1.165) is 108 Å². The fourth-order valence-electron chi connectivity index (χ4n) is 11.3. The van der Waals surface area contributed by atoms with Crippen LogP contribution in [0.2, 0.25) is 20.1 Å². The van der Waals surface area contributed by atoms with Crippen LogP contribution in [0.3, 0.4) is 0 Å². The van der Waals surface area contributed by atoms with Crippen molar-refractivity contribution in [3.05, 3.63) is 256 Å². The molecule has 0 spiro atoms. The number of pyridine rings is 4. The molecular weight excluding hydrogens is 1710 g/mol. The number of aromatic nitrogens is 4. The van der Waals surface area contributed by atoms with E-state index in [1.807, 2.05) is 78.9 Å². The van der Waals surface area contributed by atoms with E-state index in [4.69, 9.17) is 84.7 Å². The van der Waals surface area contributed by atoms with Gasteiger partial charge in [0, 0.05) is 126 Å². The van der Waals surface area contributed by atoms with Crippen molar-refractivity contribution in [2.45, 2.75) is 63.3 Å². The molecule has 31 heteroatoms. The molecule has 4 N–H and O–H groups in total. The molecule has 0 amide bonds. The average Bonchev–Trinajstić information content (AvgIpc) is 1.54. The SMILES string of the molecule is COc1ccccc1O.COc1ccccc1Oc1ccc(N2CC[C@H](Oc3ncccc3Cl)C2)c(CO)c1.Cl.Clc1cccnc1O[C@H]1CCNC1.O=Cc1cc(Br)ccc1F.O=Cc1cc(Br)ccc1N1CC[C@H](Oc2ncccc2Cl)C1.OCc1cc(Br)ccc1N1CC[C@H](Oc2ncccc2Cl)C1.[B].[H-].[Na+]. The maximum absolute atomic E-state index is 12.5. The molecule has 569 valence electrons. The summed E-state index contributed by atoms with van der Waals surface area (Å²) in [5, 5.41) is 33.8. The second-order valence-corrected chi connectivity index (χ2v) is 28.1. The van der Waals surface area contributed by atoms with E-state index >= 15 is 0 Å². The van der Waals surface area contributed by atoms with Gasteiger partial charge in [-0.3, -0.25) is 9.59 Å². The molecule has 4 fully saturated rings. The van der Waals surface area contributed by atoms with Crippen LogP contribution in [0.5, 0.6) is 52.3 Å². The van der Waals surface area contributed by atoms with Gasteiger partial charge >= 0.3 is 29.6 Å². The normalized spacial score (nSPS) is 15.7. The number of carbonyl (C=O) groups is 2. The quantitative estimate of drug-likeness (QED) is 0.0435. The van der Waals surface area contributed by atoms with Gasteiger partial charge in [0.15, 0.2) is 35.6 Å². The fourth-order valence-corrected chi connectivity index (χ4v) is 13.2. The monoisotopic (exact) mass is 1780 g/mol. The third kappa shape index (κ3) is 27.6. The van der Waals surface area contributed by atoms with Crippen LogP contribution in [0.15, 0.2) is 208 Å². The van der Waals surface area contributed by atoms with Crippen molar-refractivity contribution in [1.82, 2.24) is 25.3 Å². The second kappa shape index (κ2) is 47.2. The predicted molar refractivity (Wildman–Crippen MR) is 436 cm³/mol. The number of aliphatic hydroxyl groups excluding tert-OH is 2. The number of methoxy groups -OCH3 is 2. The molecule has 6 aromatic carbocycles. The molecule has 3 radical (unpaired) electrons. The summed E-state index contributed by atoms with van der Waals surface area (Å²) in [5.41, 5.74) is 5.38. The molecule has 20 nitrogen and oxygen atoms in total. The number of phenolic OH excluding ortho intramolecular Hbond substituents is 1. The molecule has 0 bridgehead atoms. The molecule has 4 aliphatic rings.